The molecule has 6 heteroatoms. The van der Waals surface area contributed by atoms with Crippen molar-refractivity contribution in [3.05, 3.63) is 42.4 Å². The van der Waals surface area contributed by atoms with E-state index in [0.29, 0.717) is 23.1 Å². The lowest BCUT2D eigenvalue weighted by molar-refractivity contribution is 0.373. The van der Waals surface area contributed by atoms with Crippen LogP contribution < -0.4 is 15.4 Å². The van der Waals surface area contributed by atoms with Crippen molar-refractivity contribution < 1.29 is 14.3 Å². The van der Waals surface area contributed by atoms with Gasteiger partial charge in [-0.2, -0.15) is 0 Å². The third kappa shape index (κ3) is 3.62. The molecular formula is C13H14N2O3S. The number of thiocarbonyl (C=S) groups is 1. The zero-order valence-electron chi connectivity index (χ0n) is 10.3. The van der Waals surface area contributed by atoms with E-state index in [2.05, 4.69) is 10.6 Å². The molecule has 3 N–H and O–H groups in total. The number of hydrogen-bond donors (Lipinski definition) is 3. The Kier molecular flexibility index (Phi) is 4.25. The highest BCUT2D eigenvalue weighted by Gasteiger charge is 2.04. The Balaban J connectivity index is 1.90. The fourth-order valence-corrected chi connectivity index (χ4v) is 1.71. The number of anilines is 1. The van der Waals surface area contributed by atoms with Crippen molar-refractivity contribution in [3.63, 3.8) is 0 Å². The van der Waals surface area contributed by atoms with Crippen LogP contribution in [0.5, 0.6) is 11.5 Å². The average molecular weight is 278 g/mol. The number of benzene rings is 1. The van der Waals surface area contributed by atoms with Gasteiger partial charge in [-0.05, 0) is 36.5 Å². The summed E-state index contributed by atoms with van der Waals surface area (Å²) in [6.07, 6.45) is 1.61. The van der Waals surface area contributed by atoms with Crippen molar-refractivity contribution in [2.45, 2.75) is 6.54 Å². The van der Waals surface area contributed by atoms with Gasteiger partial charge in [-0.3, -0.25) is 0 Å². The van der Waals surface area contributed by atoms with Crippen LogP contribution in [0.4, 0.5) is 5.69 Å². The number of hydrogen-bond acceptors (Lipinski definition) is 4. The van der Waals surface area contributed by atoms with Gasteiger partial charge in [0.1, 0.15) is 5.76 Å². The highest BCUT2D eigenvalue weighted by atomic mass is 32.1. The highest BCUT2D eigenvalue weighted by molar-refractivity contribution is 7.80. The van der Waals surface area contributed by atoms with E-state index in [1.54, 1.807) is 24.5 Å². The quantitative estimate of drug-likeness (QED) is 0.747. The lowest BCUT2D eigenvalue weighted by Gasteiger charge is -2.11. The van der Waals surface area contributed by atoms with Gasteiger partial charge in [-0.25, -0.2) is 0 Å². The number of phenolic OH excluding ortho intramolecular Hbond substituents is 1. The molecule has 2 rings (SSSR count). The summed E-state index contributed by atoms with van der Waals surface area (Å²) in [5.41, 5.74) is 0.676. The van der Waals surface area contributed by atoms with E-state index in [0.717, 1.165) is 5.76 Å². The molecule has 0 saturated heterocycles. The Morgan fingerprint density at radius 1 is 1.42 bits per heavy atom. The summed E-state index contributed by atoms with van der Waals surface area (Å²) < 4.78 is 10.1. The molecule has 0 saturated carbocycles. The third-order valence-electron chi connectivity index (χ3n) is 2.44. The smallest absolute Gasteiger partial charge is 0.171 e. The lowest BCUT2D eigenvalue weighted by atomic mass is 10.3. The molecule has 5 nitrogen and oxygen atoms in total. The van der Waals surface area contributed by atoms with Crippen LogP contribution >= 0.6 is 12.2 Å². The topological polar surface area (TPSA) is 66.7 Å². The first-order chi connectivity index (χ1) is 9.19. The van der Waals surface area contributed by atoms with Crippen molar-refractivity contribution in [1.82, 2.24) is 5.32 Å². The summed E-state index contributed by atoms with van der Waals surface area (Å²) in [5.74, 6) is 1.27. The average Bonchev–Trinajstić information content (AvgIpc) is 2.90. The number of aromatic hydroxyl groups is 1. The van der Waals surface area contributed by atoms with Crippen LogP contribution in [-0.2, 0) is 6.54 Å². The van der Waals surface area contributed by atoms with Crippen LogP contribution in [0.15, 0.2) is 41.0 Å². The molecule has 0 atom stereocenters. The van der Waals surface area contributed by atoms with Gasteiger partial charge in [-0.15, -0.1) is 0 Å². The molecule has 0 spiro atoms. The lowest BCUT2D eigenvalue weighted by Crippen LogP contribution is -2.27. The predicted octanol–water partition coefficient (Wildman–Crippen LogP) is 2.48. The van der Waals surface area contributed by atoms with E-state index in [4.69, 9.17) is 21.4 Å². The normalized spacial score (nSPS) is 9.95. The Hall–Kier alpha value is -2.21. The number of ether oxygens (including phenoxy) is 1. The molecule has 0 aliphatic heterocycles. The van der Waals surface area contributed by atoms with Crippen LogP contribution in [-0.4, -0.2) is 17.3 Å². The van der Waals surface area contributed by atoms with Gasteiger partial charge < -0.3 is 24.9 Å². The molecule has 1 heterocycles. The minimum absolute atomic E-state index is 0.0568. The van der Waals surface area contributed by atoms with Gasteiger partial charge in [0.2, 0.25) is 0 Å². The zero-order chi connectivity index (χ0) is 13.7. The maximum absolute atomic E-state index is 9.64. The molecule has 19 heavy (non-hydrogen) atoms. The summed E-state index contributed by atoms with van der Waals surface area (Å²) in [4.78, 5) is 0. The van der Waals surface area contributed by atoms with Crippen LogP contribution in [0, 0.1) is 0 Å². The fraction of sp³-hybridized carbons (Fsp3) is 0.154. The SMILES string of the molecule is COc1ccc(NC(=S)NCc2ccco2)cc1O. The second kappa shape index (κ2) is 6.10. The molecule has 0 bridgehead atoms. The van der Waals surface area contributed by atoms with Crippen LogP contribution in [0.1, 0.15) is 5.76 Å². The maximum atomic E-state index is 9.64. The van der Waals surface area contributed by atoms with Crippen LogP contribution in [0.3, 0.4) is 0 Å². The number of rotatable bonds is 4. The molecule has 0 amide bonds. The number of phenols is 1. The molecule has 0 fully saturated rings. The molecular weight excluding hydrogens is 264 g/mol. The van der Waals surface area contributed by atoms with Crippen molar-refractivity contribution in [1.29, 1.82) is 0 Å². The van der Waals surface area contributed by atoms with Crippen molar-refractivity contribution >= 4 is 23.0 Å². The van der Waals surface area contributed by atoms with Gasteiger partial charge in [0.25, 0.3) is 0 Å². The monoisotopic (exact) mass is 278 g/mol. The number of methoxy groups -OCH3 is 1. The first kappa shape index (κ1) is 13.2. The van der Waals surface area contributed by atoms with E-state index in [1.807, 2.05) is 12.1 Å². The number of furan rings is 1. The van der Waals surface area contributed by atoms with E-state index >= 15 is 0 Å². The first-order valence-corrected chi connectivity index (χ1v) is 6.04. The molecule has 0 aliphatic carbocycles. The highest BCUT2D eigenvalue weighted by Crippen LogP contribution is 2.28. The largest absolute Gasteiger partial charge is 0.504 e. The van der Waals surface area contributed by atoms with Crippen molar-refractivity contribution in [3.8, 4) is 11.5 Å². The van der Waals surface area contributed by atoms with E-state index in [9.17, 15) is 5.11 Å². The standard InChI is InChI=1S/C13H14N2O3S/c1-17-12-5-4-9(7-11(12)16)15-13(19)14-8-10-3-2-6-18-10/h2-7,16H,8H2,1H3,(H2,14,15,19). The third-order valence-corrected chi connectivity index (χ3v) is 2.69. The van der Waals surface area contributed by atoms with Gasteiger partial charge in [0.15, 0.2) is 16.6 Å². The molecule has 100 valence electrons. The van der Waals surface area contributed by atoms with Gasteiger partial charge in [0.05, 0.1) is 19.9 Å². The van der Waals surface area contributed by atoms with E-state index in [-0.39, 0.29) is 5.75 Å². The van der Waals surface area contributed by atoms with Gasteiger partial charge in [0, 0.05) is 11.8 Å². The summed E-state index contributed by atoms with van der Waals surface area (Å²) in [7, 11) is 1.50. The van der Waals surface area contributed by atoms with Crippen molar-refractivity contribution in [2.24, 2.45) is 0 Å². The second-order valence-electron chi connectivity index (χ2n) is 3.77. The molecule has 1 aromatic carbocycles. The number of nitrogens with one attached hydrogen (secondary N) is 2. The predicted molar refractivity (Wildman–Crippen MR) is 76.4 cm³/mol. The zero-order valence-corrected chi connectivity index (χ0v) is 11.2. The van der Waals surface area contributed by atoms with E-state index in [1.165, 1.54) is 7.11 Å². The summed E-state index contributed by atoms with van der Waals surface area (Å²) in [6, 6.07) is 8.63. The first-order valence-electron chi connectivity index (χ1n) is 5.63. The fourth-order valence-electron chi connectivity index (χ4n) is 1.52. The van der Waals surface area contributed by atoms with Crippen LogP contribution in [0.2, 0.25) is 0 Å². The van der Waals surface area contributed by atoms with Gasteiger partial charge in [-0.1, -0.05) is 0 Å². The molecule has 0 unspecified atom stereocenters. The Labute approximate surface area is 116 Å². The van der Waals surface area contributed by atoms with Crippen LogP contribution in [0.25, 0.3) is 0 Å². The summed E-state index contributed by atoms with van der Waals surface area (Å²) in [5, 5.41) is 16.0. The second-order valence-corrected chi connectivity index (χ2v) is 4.18. The maximum Gasteiger partial charge on any atom is 0.171 e. The molecule has 2 aromatic rings. The summed E-state index contributed by atoms with van der Waals surface area (Å²) in [6.45, 7) is 0.501. The minimum Gasteiger partial charge on any atom is -0.504 e. The Bertz CT molecular complexity index is 555. The molecule has 1 aromatic heterocycles. The minimum atomic E-state index is 0.0568. The van der Waals surface area contributed by atoms with Crippen molar-refractivity contribution in [2.75, 3.05) is 12.4 Å². The molecule has 0 aliphatic rings. The molecule has 0 radical (unpaired) electrons. The Morgan fingerprint density at radius 2 is 2.26 bits per heavy atom. The van der Waals surface area contributed by atoms with E-state index < -0.39 is 0 Å². The Morgan fingerprint density at radius 3 is 2.89 bits per heavy atom. The van der Waals surface area contributed by atoms with Gasteiger partial charge >= 0.3 is 0 Å². The summed E-state index contributed by atoms with van der Waals surface area (Å²) >= 11 is 5.14.